The first-order valence-corrected chi connectivity index (χ1v) is 7.75. The zero-order valence-corrected chi connectivity index (χ0v) is 13.3. The quantitative estimate of drug-likeness (QED) is 0.574. The monoisotopic (exact) mass is 336 g/mol. The van der Waals surface area contributed by atoms with Crippen LogP contribution in [-0.2, 0) is 6.54 Å². The zero-order chi connectivity index (χ0) is 17.4. The minimum Gasteiger partial charge on any atom is -0.347 e. The van der Waals surface area contributed by atoms with Crippen LogP contribution < -0.4 is 5.43 Å². The molecule has 4 aromatic rings. The molecule has 0 saturated carbocycles. The molecule has 0 atom stereocenters. The number of nitrogens with zero attached hydrogens (tertiary/aromatic N) is 4. The summed E-state index contributed by atoms with van der Waals surface area (Å²) in [6, 6.07) is 9.48. The summed E-state index contributed by atoms with van der Waals surface area (Å²) in [5.74, 6) is -0.0968. The van der Waals surface area contributed by atoms with Crippen molar-refractivity contribution < 1.29 is 8.91 Å². The number of benzene rings is 1. The molecule has 7 heteroatoms. The Labute approximate surface area is 141 Å². The maximum atomic E-state index is 13.6. The van der Waals surface area contributed by atoms with Gasteiger partial charge in [0.1, 0.15) is 17.1 Å². The number of rotatable bonds is 3. The number of pyridine rings is 2. The first-order chi connectivity index (χ1) is 12.2. The van der Waals surface area contributed by atoms with Crippen LogP contribution in [0.2, 0.25) is 0 Å². The van der Waals surface area contributed by atoms with E-state index in [0.717, 1.165) is 0 Å². The van der Waals surface area contributed by atoms with Gasteiger partial charge in [0, 0.05) is 24.3 Å². The van der Waals surface area contributed by atoms with E-state index in [0.29, 0.717) is 17.8 Å². The second-order valence-electron chi connectivity index (χ2n) is 5.46. The third kappa shape index (κ3) is 2.59. The van der Waals surface area contributed by atoms with Gasteiger partial charge in [-0.25, -0.2) is 4.39 Å². The van der Waals surface area contributed by atoms with E-state index in [1.165, 1.54) is 12.1 Å². The van der Waals surface area contributed by atoms with Gasteiger partial charge in [0.15, 0.2) is 0 Å². The fourth-order valence-electron chi connectivity index (χ4n) is 2.72. The molecule has 25 heavy (non-hydrogen) atoms. The molecular formula is C18H13FN4O2. The Kier molecular flexibility index (Phi) is 3.61. The van der Waals surface area contributed by atoms with Crippen LogP contribution in [0.3, 0.4) is 0 Å². The lowest BCUT2D eigenvalue weighted by Gasteiger charge is -2.09. The smallest absolute Gasteiger partial charge is 0.263 e. The molecule has 0 aliphatic carbocycles. The van der Waals surface area contributed by atoms with Gasteiger partial charge in [-0.15, -0.1) is 0 Å². The minimum atomic E-state index is -0.468. The molecule has 0 spiro atoms. The summed E-state index contributed by atoms with van der Waals surface area (Å²) >= 11 is 0. The number of aromatic nitrogens is 4. The Morgan fingerprint density at radius 1 is 1.24 bits per heavy atom. The Bertz CT molecular complexity index is 1120. The molecule has 0 fully saturated rings. The summed E-state index contributed by atoms with van der Waals surface area (Å²) in [6.45, 7) is 2.54. The fraction of sp³-hybridized carbons (Fsp3) is 0.111. The molecule has 3 heterocycles. The number of aryl methyl sites for hydroxylation is 1. The van der Waals surface area contributed by atoms with Gasteiger partial charge in [0.05, 0.1) is 5.52 Å². The van der Waals surface area contributed by atoms with Gasteiger partial charge in [-0.1, -0.05) is 11.2 Å². The van der Waals surface area contributed by atoms with Crippen molar-refractivity contribution in [1.29, 1.82) is 0 Å². The van der Waals surface area contributed by atoms with Crippen LogP contribution in [0.15, 0.2) is 58.1 Å². The lowest BCUT2D eigenvalue weighted by Crippen LogP contribution is -2.12. The van der Waals surface area contributed by atoms with Gasteiger partial charge in [-0.3, -0.25) is 9.78 Å². The van der Waals surface area contributed by atoms with Crippen molar-refractivity contribution in [3.05, 3.63) is 64.8 Å². The second-order valence-corrected chi connectivity index (χ2v) is 5.46. The molecule has 0 bridgehead atoms. The van der Waals surface area contributed by atoms with E-state index >= 15 is 0 Å². The SMILES string of the molecule is CCn1cc(-c2nc(-c3ccccn3)no2)c(=O)c2cc(F)ccc21. The maximum absolute atomic E-state index is 13.6. The third-order valence-corrected chi connectivity index (χ3v) is 3.93. The van der Waals surface area contributed by atoms with E-state index in [2.05, 4.69) is 15.1 Å². The maximum Gasteiger partial charge on any atom is 0.263 e. The molecule has 4 rings (SSSR count). The van der Waals surface area contributed by atoms with Gasteiger partial charge in [0.2, 0.25) is 11.3 Å². The van der Waals surface area contributed by atoms with Crippen molar-refractivity contribution in [2.24, 2.45) is 0 Å². The average Bonchev–Trinajstić information content (AvgIpc) is 3.13. The summed E-state index contributed by atoms with van der Waals surface area (Å²) in [5, 5.41) is 4.16. The zero-order valence-electron chi connectivity index (χ0n) is 13.3. The predicted molar refractivity (Wildman–Crippen MR) is 90.4 cm³/mol. The van der Waals surface area contributed by atoms with Gasteiger partial charge < -0.3 is 9.09 Å². The summed E-state index contributed by atoms with van der Waals surface area (Å²) in [6.07, 6.45) is 3.27. The molecule has 1 aromatic carbocycles. The lowest BCUT2D eigenvalue weighted by molar-refractivity contribution is 0.431. The molecule has 6 nitrogen and oxygen atoms in total. The molecule has 0 amide bonds. The molecule has 0 aliphatic rings. The topological polar surface area (TPSA) is 73.8 Å². The van der Waals surface area contributed by atoms with E-state index in [4.69, 9.17) is 4.52 Å². The average molecular weight is 336 g/mol. The normalized spacial score (nSPS) is 11.1. The van der Waals surface area contributed by atoms with Crippen LogP contribution in [0.25, 0.3) is 33.9 Å². The minimum absolute atomic E-state index is 0.0824. The Morgan fingerprint density at radius 2 is 2.12 bits per heavy atom. The predicted octanol–water partition coefficient (Wildman–Crippen LogP) is 3.27. The highest BCUT2D eigenvalue weighted by atomic mass is 19.1. The lowest BCUT2D eigenvalue weighted by atomic mass is 10.1. The van der Waals surface area contributed by atoms with Crippen LogP contribution in [0.5, 0.6) is 0 Å². The van der Waals surface area contributed by atoms with Crippen molar-refractivity contribution in [2.75, 3.05) is 0 Å². The standard InChI is InChI=1S/C18H13FN4O2/c1-2-23-10-13(16(24)12-9-11(19)6-7-15(12)23)18-21-17(22-25-18)14-5-3-4-8-20-14/h3-10H,2H2,1H3. The van der Waals surface area contributed by atoms with E-state index < -0.39 is 5.82 Å². The van der Waals surface area contributed by atoms with E-state index in [1.54, 1.807) is 36.7 Å². The van der Waals surface area contributed by atoms with Crippen molar-refractivity contribution in [1.82, 2.24) is 19.7 Å². The summed E-state index contributed by atoms with van der Waals surface area (Å²) in [4.78, 5) is 21.2. The van der Waals surface area contributed by atoms with Crippen molar-refractivity contribution in [2.45, 2.75) is 13.5 Å². The number of hydrogen-bond acceptors (Lipinski definition) is 5. The third-order valence-electron chi connectivity index (χ3n) is 3.93. The van der Waals surface area contributed by atoms with E-state index in [1.807, 2.05) is 11.5 Å². The van der Waals surface area contributed by atoms with Gasteiger partial charge in [-0.2, -0.15) is 4.98 Å². The molecule has 0 unspecified atom stereocenters. The highest BCUT2D eigenvalue weighted by Gasteiger charge is 2.17. The molecule has 0 aliphatic heterocycles. The Morgan fingerprint density at radius 3 is 2.88 bits per heavy atom. The first kappa shape index (κ1) is 15.2. The highest BCUT2D eigenvalue weighted by molar-refractivity contribution is 5.83. The van der Waals surface area contributed by atoms with Crippen LogP contribution >= 0.6 is 0 Å². The van der Waals surface area contributed by atoms with Crippen LogP contribution in [0, 0.1) is 5.82 Å². The Balaban J connectivity index is 1.91. The summed E-state index contributed by atoms with van der Waals surface area (Å²) < 4.78 is 20.7. The van der Waals surface area contributed by atoms with Crippen molar-refractivity contribution >= 4 is 10.9 Å². The molecular weight excluding hydrogens is 323 g/mol. The molecule has 0 saturated heterocycles. The van der Waals surface area contributed by atoms with Crippen molar-refractivity contribution in [3.63, 3.8) is 0 Å². The molecule has 0 N–H and O–H groups in total. The van der Waals surface area contributed by atoms with Crippen molar-refractivity contribution in [3.8, 4) is 23.0 Å². The van der Waals surface area contributed by atoms with Gasteiger partial charge in [-0.05, 0) is 37.3 Å². The first-order valence-electron chi connectivity index (χ1n) is 7.75. The van der Waals surface area contributed by atoms with Gasteiger partial charge >= 0.3 is 0 Å². The summed E-state index contributed by atoms with van der Waals surface area (Å²) in [5.41, 5.74) is 1.08. The highest BCUT2D eigenvalue weighted by Crippen LogP contribution is 2.22. The Hall–Kier alpha value is -3.35. The number of hydrogen-bond donors (Lipinski definition) is 0. The number of fused-ring (bicyclic) bond motifs is 1. The fourth-order valence-corrected chi connectivity index (χ4v) is 2.72. The van der Waals surface area contributed by atoms with E-state index in [9.17, 15) is 9.18 Å². The summed E-state index contributed by atoms with van der Waals surface area (Å²) in [7, 11) is 0. The second kappa shape index (κ2) is 5.94. The number of halogens is 1. The van der Waals surface area contributed by atoms with Crippen LogP contribution in [0.1, 0.15) is 6.92 Å². The molecule has 3 aromatic heterocycles. The molecule has 124 valence electrons. The van der Waals surface area contributed by atoms with Gasteiger partial charge in [0.25, 0.3) is 5.89 Å². The molecule has 0 radical (unpaired) electrons. The largest absolute Gasteiger partial charge is 0.347 e. The van der Waals surface area contributed by atoms with Crippen LogP contribution in [-0.4, -0.2) is 19.7 Å². The van der Waals surface area contributed by atoms with E-state index in [-0.39, 0.29) is 28.1 Å². The van der Waals surface area contributed by atoms with Crippen LogP contribution in [0.4, 0.5) is 4.39 Å².